The topological polar surface area (TPSA) is 45.8 Å². The van der Waals surface area contributed by atoms with Gasteiger partial charge in [-0.2, -0.15) is 0 Å². The van der Waals surface area contributed by atoms with Gasteiger partial charge in [0.2, 0.25) is 0 Å². The largest absolute Gasteiger partial charge is 0.320 e. The number of rotatable bonds is 1. The molecule has 3 nitrogen and oxygen atoms in total. The molecule has 0 radical (unpaired) electrons. The van der Waals surface area contributed by atoms with Crippen LogP contribution in [0, 0.1) is 6.92 Å². The van der Waals surface area contributed by atoms with Crippen molar-refractivity contribution in [3.8, 4) is 11.4 Å². The summed E-state index contributed by atoms with van der Waals surface area (Å²) in [5.74, 6) is 0. The first-order chi connectivity index (χ1) is 8.24. The third-order valence-electron chi connectivity index (χ3n) is 2.65. The monoisotopic (exact) mass is 242 g/mol. The Kier molecular flexibility index (Phi) is 2.30. The predicted molar refractivity (Wildman–Crippen MR) is 70.4 cm³/mol. The summed E-state index contributed by atoms with van der Waals surface area (Å²) >= 11 is 1.58. The molecule has 0 saturated carbocycles. The third kappa shape index (κ3) is 1.76. The van der Waals surface area contributed by atoms with Crippen molar-refractivity contribution >= 4 is 22.1 Å². The van der Waals surface area contributed by atoms with E-state index in [1.807, 2.05) is 42.6 Å². The van der Waals surface area contributed by atoms with E-state index in [0.29, 0.717) is 5.39 Å². The van der Waals surface area contributed by atoms with Crippen molar-refractivity contribution in [3.63, 3.8) is 0 Å². The van der Waals surface area contributed by atoms with Gasteiger partial charge in [0, 0.05) is 10.8 Å². The highest BCUT2D eigenvalue weighted by Gasteiger charge is 2.05. The van der Waals surface area contributed by atoms with Crippen LogP contribution in [0.3, 0.4) is 0 Å². The normalized spacial score (nSPS) is 10.9. The fourth-order valence-electron chi connectivity index (χ4n) is 1.84. The number of nitrogens with one attached hydrogen (secondary N) is 1. The summed E-state index contributed by atoms with van der Waals surface area (Å²) in [5.41, 5.74) is 1.54. The second-order valence-electron chi connectivity index (χ2n) is 3.85. The van der Waals surface area contributed by atoms with E-state index < -0.39 is 0 Å². The summed E-state index contributed by atoms with van der Waals surface area (Å²) in [4.78, 5) is 19.1. The molecule has 0 saturated heterocycles. The van der Waals surface area contributed by atoms with E-state index in [9.17, 15) is 4.79 Å². The van der Waals surface area contributed by atoms with Gasteiger partial charge in [-0.25, -0.2) is 4.98 Å². The molecule has 0 aliphatic rings. The molecule has 0 fully saturated rings. The SMILES string of the molecule is Cc1nc(-c2cc3ccccc3c(=O)[nH]2)cs1. The highest BCUT2D eigenvalue weighted by molar-refractivity contribution is 7.09. The number of hydrogen-bond donors (Lipinski definition) is 1. The van der Waals surface area contributed by atoms with Crippen LogP contribution in [-0.4, -0.2) is 9.97 Å². The number of aryl methyl sites for hydroxylation is 1. The molecule has 0 amide bonds. The van der Waals surface area contributed by atoms with Gasteiger partial charge in [0.05, 0.1) is 16.4 Å². The van der Waals surface area contributed by atoms with Crippen molar-refractivity contribution in [1.82, 2.24) is 9.97 Å². The average Bonchev–Trinajstić information content (AvgIpc) is 2.76. The highest BCUT2D eigenvalue weighted by atomic mass is 32.1. The van der Waals surface area contributed by atoms with Crippen molar-refractivity contribution in [2.75, 3.05) is 0 Å². The van der Waals surface area contributed by atoms with Crippen LogP contribution in [-0.2, 0) is 0 Å². The van der Waals surface area contributed by atoms with Crippen molar-refractivity contribution in [1.29, 1.82) is 0 Å². The Morgan fingerprint density at radius 2 is 2.12 bits per heavy atom. The molecule has 2 heterocycles. The maximum atomic E-state index is 11.9. The summed E-state index contributed by atoms with van der Waals surface area (Å²) < 4.78 is 0. The number of pyridine rings is 1. The predicted octanol–water partition coefficient (Wildman–Crippen LogP) is 2.96. The number of nitrogens with zero attached hydrogens (tertiary/aromatic N) is 1. The first-order valence-electron chi connectivity index (χ1n) is 5.28. The molecule has 2 aromatic heterocycles. The van der Waals surface area contributed by atoms with Crippen molar-refractivity contribution in [3.05, 3.63) is 51.1 Å². The number of aromatic amines is 1. The fourth-order valence-corrected chi connectivity index (χ4v) is 2.45. The molecule has 0 spiro atoms. The van der Waals surface area contributed by atoms with Gasteiger partial charge in [-0.3, -0.25) is 4.79 Å². The Labute approximate surface area is 102 Å². The summed E-state index contributed by atoms with van der Waals surface area (Å²) in [6, 6.07) is 9.52. The Morgan fingerprint density at radius 1 is 1.29 bits per heavy atom. The van der Waals surface area contributed by atoms with Crippen LogP contribution in [0.2, 0.25) is 0 Å². The lowest BCUT2D eigenvalue weighted by molar-refractivity contribution is 1.22. The second-order valence-corrected chi connectivity index (χ2v) is 4.91. The van der Waals surface area contributed by atoms with E-state index in [2.05, 4.69) is 9.97 Å². The molecule has 0 aliphatic carbocycles. The summed E-state index contributed by atoms with van der Waals surface area (Å²) in [6.07, 6.45) is 0. The van der Waals surface area contributed by atoms with E-state index in [-0.39, 0.29) is 5.56 Å². The van der Waals surface area contributed by atoms with E-state index in [4.69, 9.17) is 0 Å². The molecule has 3 aromatic rings. The van der Waals surface area contributed by atoms with Crippen LogP contribution in [0.4, 0.5) is 0 Å². The van der Waals surface area contributed by atoms with E-state index in [0.717, 1.165) is 21.8 Å². The van der Waals surface area contributed by atoms with E-state index in [1.54, 1.807) is 11.3 Å². The van der Waals surface area contributed by atoms with Gasteiger partial charge in [0.1, 0.15) is 0 Å². The van der Waals surface area contributed by atoms with Crippen LogP contribution in [0.15, 0.2) is 40.5 Å². The highest BCUT2D eigenvalue weighted by Crippen LogP contribution is 2.21. The van der Waals surface area contributed by atoms with Crippen molar-refractivity contribution < 1.29 is 0 Å². The molecular weight excluding hydrogens is 232 g/mol. The molecule has 1 aromatic carbocycles. The smallest absolute Gasteiger partial charge is 0.256 e. The minimum atomic E-state index is -0.0660. The van der Waals surface area contributed by atoms with Gasteiger partial charge >= 0.3 is 0 Å². The quantitative estimate of drug-likeness (QED) is 0.713. The lowest BCUT2D eigenvalue weighted by Crippen LogP contribution is -2.07. The molecule has 4 heteroatoms. The minimum Gasteiger partial charge on any atom is -0.320 e. The van der Waals surface area contributed by atoms with Gasteiger partial charge in [-0.15, -0.1) is 11.3 Å². The van der Waals surface area contributed by atoms with Crippen LogP contribution in [0.5, 0.6) is 0 Å². The zero-order valence-corrected chi connectivity index (χ0v) is 10.0. The van der Waals surface area contributed by atoms with Gasteiger partial charge < -0.3 is 4.98 Å². The number of fused-ring (bicyclic) bond motifs is 1. The van der Waals surface area contributed by atoms with Crippen LogP contribution < -0.4 is 5.56 Å². The zero-order chi connectivity index (χ0) is 11.8. The third-order valence-corrected chi connectivity index (χ3v) is 3.42. The standard InChI is InChI=1S/C13H10N2OS/c1-8-14-12(7-17-8)11-6-9-4-2-3-5-10(9)13(16)15-11/h2-7H,1H3,(H,15,16). The van der Waals surface area contributed by atoms with Crippen molar-refractivity contribution in [2.24, 2.45) is 0 Å². The summed E-state index contributed by atoms with van der Waals surface area (Å²) in [7, 11) is 0. The molecule has 1 N–H and O–H groups in total. The fraction of sp³-hybridized carbons (Fsp3) is 0.0769. The molecule has 0 bridgehead atoms. The van der Waals surface area contributed by atoms with Crippen LogP contribution >= 0.6 is 11.3 Å². The molecule has 0 unspecified atom stereocenters. The Hall–Kier alpha value is -1.94. The maximum absolute atomic E-state index is 11.9. The first kappa shape index (κ1) is 10.2. The van der Waals surface area contributed by atoms with Crippen LogP contribution in [0.25, 0.3) is 22.2 Å². The molecule has 0 aliphatic heterocycles. The number of aromatic nitrogens is 2. The van der Waals surface area contributed by atoms with Crippen molar-refractivity contribution in [2.45, 2.75) is 6.92 Å². The molecule has 3 rings (SSSR count). The van der Waals surface area contributed by atoms with E-state index >= 15 is 0 Å². The number of hydrogen-bond acceptors (Lipinski definition) is 3. The Bertz CT molecular complexity index is 742. The summed E-state index contributed by atoms with van der Waals surface area (Å²) in [6.45, 7) is 1.95. The lowest BCUT2D eigenvalue weighted by atomic mass is 10.1. The number of benzene rings is 1. The van der Waals surface area contributed by atoms with Gasteiger partial charge in [0.15, 0.2) is 0 Å². The van der Waals surface area contributed by atoms with Gasteiger partial charge in [-0.1, -0.05) is 18.2 Å². The zero-order valence-electron chi connectivity index (χ0n) is 9.23. The molecule has 17 heavy (non-hydrogen) atoms. The minimum absolute atomic E-state index is 0.0660. The maximum Gasteiger partial charge on any atom is 0.256 e. The molecular formula is C13H10N2OS. The van der Waals surface area contributed by atoms with Gasteiger partial charge in [0.25, 0.3) is 5.56 Å². The Morgan fingerprint density at radius 3 is 2.88 bits per heavy atom. The Balaban J connectivity index is 2.29. The average molecular weight is 242 g/mol. The van der Waals surface area contributed by atoms with E-state index in [1.165, 1.54) is 0 Å². The first-order valence-corrected chi connectivity index (χ1v) is 6.16. The van der Waals surface area contributed by atoms with Gasteiger partial charge in [-0.05, 0) is 24.4 Å². The molecule has 0 atom stereocenters. The number of thiazole rings is 1. The molecule has 84 valence electrons. The number of H-pyrrole nitrogens is 1. The lowest BCUT2D eigenvalue weighted by Gasteiger charge is -2.00. The van der Waals surface area contributed by atoms with Crippen LogP contribution in [0.1, 0.15) is 5.01 Å². The summed E-state index contributed by atoms with van der Waals surface area (Å²) in [5, 5.41) is 4.60. The second kappa shape index (κ2) is 3.82.